The Morgan fingerprint density at radius 1 is 1.16 bits per heavy atom. The first kappa shape index (κ1) is 15.9. The molecule has 0 saturated carbocycles. The van der Waals surface area contributed by atoms with Crippen LogP contribution in [-0.2, 0) is 9.59 Å². The summed E-state index contributed by atoms with van der Waals surface area (Å²) in [6, 6.07) is 0. The Morgan fingerprint density at radius 2 is 1.79 bits per heavy atom. The van der Waals surface area contributed by atoms with Crippen molar-refractivity contribution in [3.63, 3.8) is 0 Å². The van der Waals surface area contributed by atoms with Crippen molar-refractivity contribution in [1.82, 2.24) is 15.1 Å². The number of carbonyl (C=O) groups is 2. The largest absolute Gasteiger partial charge is 0.481 e. The van der Waals surface area contributed by atoms with E-state index in [-0.39, 0.29) is 12.3 Å². The van der Waals surface area contributed by atoms with E-state index < -0.39 is 5.97 Å². The minimum Gasteiger partial charge on any atom is -0.481 e. The van der Waals surface area contributed by atoms with E-state index in [2.05, 4.69) is 22.0 Å². The molecule has 1 saturated heterocycles. The smallest absolute Gasteiger partial charge is 0.304 e. The van der Waals surface area contributed by atoms with Crippen LogP contribution in [0.25, 0.3) is 0 Å². The summed E-state index contributed by atoms with van der Waals surface area (Å²) in [5, 5.41) is 11.5. The summed E-state index contributed by atoms with van der Waals surface area (Å²) in [5.74, 6) is -0.662. The van der Waals surface area contributed by atoms with Crippen molar-refractivity contribution in [2.75, 3.05) is 45.8 Å². The molecule has 0 atom stereocenters. The summed E-state index contributed by atoms with van der Waals surface area (Å²) >= 11 is 0. The molecule has 0 bridgehead atoms. The Bertz CT molecular complexity index is 289. The van der Waals surface area contributed by atoms with E-state index in [1.165, 1.54) is 0 Å². The van der Waals surface area contributed by atoms with Gasteiger partial charge in [-0.1, -0.05) is 13.3 Å². The minimum absolute atomic E-state index is 0.0902. The van der Waals surface area contributed by atoms with Crippen LogP contribution < -0.4 is 5.32 Å². The van der Waals surface area contributed by atoms with Gasteiger partial charge in [0, 0.05) is 39.3 Å². The second-order valence-corrected chi connectivity index (χ2v) is 4.97. The van der Waals surface area contributed by atoms with Gasteiger partial charge in [0.15, 0.2) is 0 Å². The Morgan fingerprint density at radius 3 is 2.37 bits per heavy atom. The number of carboxylic acid groups (broad SMARTS) is 1. The standard InChI is InChI=1S/C13H25N3O3/c1-2-3-5-14-12(17)11-16-9-7-15(8-10-16)6-4-13(18)19/h2-11H2,1H3,(H,14,17)(H,18,19). The zero-order valence-corrected chi connectivity index (χ0v) is 11.7. The molecule has 1 aliphatic heterocycles. The van der Waals surface area contributed by atoms with Crippen LogP contribution in [0.3, 0.4) is 0 Å². The molecule has 0 radical (unpaired) electrons. The van der Waals surface area contributed by atoms with Crippen molar-refractivity contribution in [2.45, 2.75) is 26.2 Å². The molecule has 1 rings (SSSR count). The summed E-state index contributed by atoms with van der Waals surface area (Å²) < 4.78 is 0. The number of unbranched alkanes of at least 4 members (excludes halogenated alkanes) is 1. The van der Waals surface area contributed by atoms with Crippen LogP contribution in [0.1, 0.15) is 26.2 Å². The average Bonchev–Trinajstić information content (AvgIpc) is 2.38. The number of piperazine rings is 1. The number of hydrogen-bond donors (Lipinski definition) is 2. The minimum atomic E-state index is -0.752. The first-order chi connectivity index (χ1) is 9.11. The third-order valence-electron chi connectivity index (χ3n) is 3.33. The number of rotatable bonds is 8. The lowest BCUT2D eigenvalue weighted by Crippen LogP contribution is -2.49. The summed E-state index contributed by atoms with van der Waals surface area (Å²) in [5.41, 5.74) is 0. The van der Waals surface area contributed by atoms with Gasteiger partial charge >= 0.3 is 5.97 Å². The van der Waals surface area contributed by atoms with Crippen LogP contribution in [-0.4, -0.2) is 72.6 Å². The van der Waals surface area contributed by atoms with Gasteiger partial charge in [0.25, 0.3) is 0 Å². The molecular formula is C13H25N3O3. The predicted octanol–water partition coefficient (Wildman–Crippen LogP) is -0.00500. The van der Waals surface area contributed by atoms with Gasteiger partial charge in [-0.05, 0) is 6.42 Å². The summed E-state index contributed by atoms with van der Waals surface area (Å²) in [6.45, 7) is 7.27. The number of nitrogens with zero attached hydrogens (tertiary/aromatic N) is 2. The molecule has 1 amide bonds. The lowest BCUT2D eigenvalue weighted by molar-refractivity contribution is -0.137. The van der Waals surface area contributed by atoms with Gasteiger partial charge in [0.2, 0.25) is 5.91 Å². The molecule has 6 nitrogen and oxygen atoms in total. The Kier molecular flexibility index (Phi) is 7.43. The fraction of sp³-hybridized carbons (Fsp3) is 0.846. The number of carbonyl (C=O) groups excluding carboxylic acids is 1. The highest BCUT2D eigenvalue weighted by molar-refractivity contribution is 5.77. The molecule has 110 valence electrons. The van der Waals surface area contributed by atoms with Crippen LogP contribution in [0.2, 0.25) is 0 Å². The van der Waals surface area contributed by atoms with Crippen molar-refractivity contribution in [3.05, 3.63) is 0 Å². The van der Waals surface area contributed by atoms with Gasteiger partial charge in [-0.2, -0.15) is 0 Å². The maximum atomic E-state index is 11.6. The number of nitrogens with one attached hydrogen (secondary N) is 1. The first-order valence-corrected chi connectivity index (χ1v) is 7.05. The van der Waals surface area contributed by atoms with E-state index in [9.17, 15) is 9.59 Å². The monoisotopic (exact) mass is 271 g/mol. The van der Waals surface area contributed by atoms with E-state index in [1.54, 1.807) is 0 Å². The molecule has 1 aliphatic rings. The van der Waals surface area contributed by atoms with Crippen LogP contribution in [0.5, 0.6) is 0 Å². The Labute approximate surface area is 114 Å². The number of hydrogen-bond acceptors (Lipinski definition) is 4. The van der Waals surface area contributed by atoms with Crippen molar-refractivity contribution in [1.29, 1.82) is 0 Å². The van der Waals surface area contributed by atoms with Crippen molar-refractivity contribution < 1.29 is 14.7 Å². The quantitative estimate of drug-likeness (QED) is 0.608. The van der Waals surface area contributed by atoms with Gasteiger partial charge in [-0.3, -0.25) is 14.5 Å². The Balaban J connectivity index is 2.12. The molecule has 0 spiro atoms. The normalized spacial score (nSPS) is 17.3. The van der Waals surface area contributed by atoms with Gasteiger partial charge in [-0.25, -0.2) is 0 Å². The average molecular weight is 271 g/mol. The van der Waals surface area contributed by atoms with E-state index in [0.29, 0.717) is 13.1 Å². The van der Waals surface area contributed by atoms with E-state index in [0.717, 1.165) is 45.6 Å². The molecule has 0 unspecified atom stereocenters. The van der Waals surface area contributed by atoms with E-state index in [1.807, 2.05) is 0 Å². The molecule has 0 aromatic rings. The number of aliphatic carboxylic acids is 1. The topological polar surface area (TPSA) is 72.9 Å². The molecule has 19 heavy (non-hydrogen) atoms. The van der Waals surface area contributed by atoms with Crippen molar-refractivity contribution >= 4 is 11.9 Å². The van der Waals surface area contributed by atoms with Gasteiger partial charge in [-0.15, -0.1) is 0 Å². The van der Waals surface area contributed by atoms with Gasteiger partial charge in [0.1, 0.15) is 0 Å². The maximum absolute atomic E-state index is 11.6. The third kappa shape index (κ3) is 7.12. The highest BCUT2D eigenvalue weighted by Gasteiger charge is 2.18. The molecule has 6 heteroatoms. The third-order valence-corrected chi connectivity index (χ3v) is 3.33. The highest BCUT2D eigenvalue weighted by Crippen LogP contribution is 2.02. The molecule has 1 heterocycles. The van der Waals surface area contributed by atoms with Crippen LogP contribution in [0.4, 0.5) is 0 Å². The molecule has 0 aromatic heterocycles. The second kappa shape index (κ2) is 8.87. The molecule has 0 aliphatic carbocycles. The zero-order valence-electron chi connectivity index (χ0n) is 11.7. The van der Waals surface area contributed by atoms with Crippen LogP contribution in [0, 0.1) is 0 Å². The molecule has 0 aromatic carbocycles. The molecule has 2 N–H and O–H groups in total. The highest BCUT2D eigenvalue weighted by atomic mass is 16.4. The van der Waals surface area contributed by atoms with Crippen LogP contribution in [0.15, 0.2) is 0 Å². The van der Waals surface area contributed by atoms with E-state index >= 15 is 0 Å². The van der Waals surface area contributed by atoms with Crippen molar-refractivity contribution in [3.8, 4) is 0 Å². The second-order valence-electron chi connectivity index (χ2n) is 4.97. The molecule has 1 fully saturated rings. The fourth-order valence-electron chi connectivity index (χ4n) is 2.09. The van der Waals surface area contributed by atoms with Crippen molar-refractivity contribution in [2.24, 2.45) is 0 Å². The summed E-state index contributed by atoms with van der Waals surface area (Å²) in [6.07, 6.45) is 2.30. The summed E-state index contributed by atoms with van der Waals surface area (Å²) in [7, 11) is 0. The maximum Gasteiger partial charge on any atom is 0.304 e. The van der Waals surface area contributed by atoms with Gasteiger partial charge < -0.3 is 15.3 Å². The lowest BCUT2D eigenvalue weighted by Gasteiger charge is -2.33. The fourth-order valence-corrected chi connectivity index (χ4v) is 2.09. The van der Waals surface area contributed by atoms with E-state index in [4.69, 9.17) is 5.11 Å². The SMILES string of the molecule is CCCCNC(=O)CN1CCN(CCC(=O)O)CC1. The Hall–Kier alpha value is -1.14. The zero-order chi connectivity index (χ0) is 14.1. The first-order valence-electron chi connectivity index (χ1n) is 7.05. The lowest BCUT2D eigenvalue weighted by atomic mass is 10.3. The summed E-state index contributed by atoms with van der Waals surface area (Å²) in [4.78, 5) is 26.4. The van der Waals surface area contributed by atoms with Crippen LogP contribution >= 0.6 is 0 Å². The number of carboxylic acids is 1. The predicted molar refractivity (Wildman–Crippen MR) is 73.1 cm³/mol. The molecular weight excluding hydrogens is 246 g/mol. The van der Waals surface area contributed by atoms with Gasteiger partial charge in [0.05, 0.1) is 13.0 Å². The number of amides is 1.